The van der Waals surface area contributed by atoms with Gasteiger partial charge in [0.25, 0.3) is 0 Å². The Morgan fingerprint density at radius 3 is 1.83 bits per heavy atom. The Morgan fingerprint density at radius 2 is 1.83 bits per heavy atom. The van der Waals surface area contributed by atoms with Gasteiger partial charge in [0.15, 0.2) is 0 Å². The Bertz CT molecular complexity index is 24.8. The SMILES string of the molecule is NO[C-]=O.O.[Ag+]. The Morgan fingerprint density at radius 1 is 1.67 bits per heavy atom. The van der Waals surface area contributed by atoms with Crippen LogP contribution in [0.2, 0.25) is 0 Å². The van der Waals surface area contributed by atoms with Crippen LogP contribution in [0.5, 0.6) is 0 Å². The number of rotatable bonds is 1. The van der Waals surface area contributed by atoms with Crippen LogP contribution in [0.4, 0.5) is 0 Å². The van der Waals surface area contributed by atoms with Crippen molar-refractivity contribution in [2.24, 2.45) is 5.90 Å². The largest absolute Gasteiger partial charge is 1.00 e. The second-order valence-electron chi connectivity index (χ2n) is 0.201. The van der Waals surface area contributed by atoms with Gasteiger partial charge >= 0.3 is 22.4 Å². The molecule has 0 bridgehead atoms. The molecule has 0 rings (SSSR count). The van der Waals surface area contributed by atoms with E-state index in [4.69, 9.17) is 4.79 Å². The summed E-state index contributed by atoms with van der Waals surface area (Å²) in [5.41, 5.74) is 0. The summed E-state index contributed by atoms with van der Waals surface area (Å²) in [7, 11) is 0. The minimum absolute atomic E-state index is 0. The molecule has 0 aromatic rings. The molecule has 4 N–H and O–H groups in total. The topological polar surface area (TPSA) is 83.8 Å². The van der Waals surface area contributed by atoms with E-state index >= 15 is 0 Å². The average molecular weight is 186 g/mol. The molecule has 0 saturated heterocycles. The van der Waals surface area contributed by atoms with Crippen LogP contribution < -0.4 is 5.90 Å². The van der Waals surface area contributed by atoms with E-state index in [9.17, 15) is 0 Å². The monoisotopic (exact) mass is 185 g/mol. The molecule has 0 aromatic heterocycles. The van der Waals surface area contributed by atoms with Crippen molar-refractivity contribution in [3.05, 3.63) is 0 Å². The van der Waals surface area contributed by atoms with E-state index in [1.807, 2.05) is 0 Å². The van der Waals surface area contributed by atoms with Gasteiger partial charge in [-0.3, -0.25) is 0 Å². The molecular formula is CH4AgNO3. The Kier molecular flexibility index (Phi) is 52.9. The van der Waals surface area contributed by atoms with Crippen molar-refractivity contribution < 1.29 is 37.5 Å². The third-order valence-electron chi connectivity index (χ3n) is 0.0481. The molecule has 0 saturated carbocycles. The summed E-state index contributed by atoms with van der Waals surface area (Å²) in [6, 6.07) is 0. The van der Waals surface area contributed by atoms with Gasteiger partial charge in [0.05, 0.1) is 0 Å². The van der Waals surface area contributed by atoms with E-state index < -0.39 is 0 Å². The molecule has 0 heterocycles. The molecule has 5 heteroatoms. The van der Waals surface area contributed by atoms with E-state index in [1.165, 1.54) is 0 Å². The maximum Gasteiger partial charge on any atom is 1.00 e. The van der Waals surface area contributed by atoms with Crippen LogP contribution in [-0.4, -0.2) is 11.9 Å². The normalized spacial score (nSPS) is 3.50. The zero-order valence-corrected chi connectivity index (χ0v) is 4.18. The average Bonchev–Trinajstić information content (AvgIpc) is 1.37. The van der Waals surface area contributed by atoms with E-state index in [0.717, 1.165) is 6.47 Å². The second-order valence-corrected chi connectivity index (χ2v) is 0.201. The molecule has 0 aliphatic heterocycles. The number of hydrogen-bond acceptors (Lipinski definition) is 3. The number of nitrogens with two attached hydrogens (primary N) is 1. The first-order valence-electron chi connectivity index (χ1n) is 0.644. The molecular weight excluding hydrogens is 182 g/mol. The standard InChI is InChI=1S/CH2NO2.Ag.H2O/c2-4-1-3;;/h2H2;;1H2/q-1;+1;. The molecule has 0 aliphatic rings. The predicted octanol–water partition coefficient (Wildman–Crippen LogP) is -1.88. The van der Waals surface area contributed by atoms with Gasteiger partial charge in [0, 0.05) is 0 Å². The minimum atomic E-state index is 0. The van der Waals surface area contributed by atoms with E-state index in [-0.39, 0.29) is 27.9 Å². The minimum Gasteiger partial charge on any atom is -0.574 e. The summed E-state index contributed by atoms with van der Waals surface area (Å²) in [5.74, 6) is 4.10. The van der Waals surface area contributed by atoms with Crippen LogP contribution in [0.3, 0.4) is 0 Å². The molecule has 0 aliphatic carbocycles. The summed E-state index contributed by atoms with van der Waals surface area (Å²) in [4.78, 5) is 11.9. The molecule has 42 valence electrons. The molecule has 0 radical (unpaired) electrons. The van der Waals surface area contributed by atoms with E-state index in [2.05, 4.69) is 10.7 Å². The Labute approximate surface area is 50.4 Å². The molecule has 0 spiro atoms. The summed E-state index contributed by atoms with van der Waals surface area (Å²) in [5, 5.41) is 0. The van der Waals surface area contributed by atoms with Crippen LogP contribution in [0.15, 0.2) is 0 Å². The maximum absolute atomic E-state index is 8.70. The molecule has 6 heavy (non-hydrogen) atoms. The van der Waals surface area contributed by atoms with Crippen molar-refractivity contribution >= 4 is 6.47 Å². The van der Waals surface area contributed by atoms with E-state index in [1.54, 1.807) is 0 Å². The van der Waals surface area contributed by atoms with Gasteiger partial charge < -0.3 is 15.1 Å². The van der Waals surface area contributed by atoms with Crippen LogP contribution in [0, 0.1) is 0 Å². The Balaban J connectivity index is -0.0000000450. The molecule has 0 amide bonds. The van der Waals surface area contributed by atoms with Gasteiger partial charge in [-0.2, -0.15) is 0 Å². The maximum atomic E-state index is 8.70. The second kappa shape index (κ2) is 19.3. The van der Waals surface area contributed by atoms with Crippen molar-refractivity contribution in [3.8, 4) is 0 Å². The molecule has 0 unspecified atom stereocenters. The van der Waals surface area contributed by atoms with Gasteiger partial charge in [0.1, 0.15) is 0 Å². The molecule has 0 aromatic carbocycles. The van der Waals surface area contributed by atoms with Crippen molar-refractivity contribution in [2.75, 3.05) is 0 Å². The zero-order chi connectivity index (χ0) is 3.41. The predicted molar refractivity (Wildman–Crippen MR) is 14.6 cm³/mol. The van der Waals surface area contributed by atoms with Crippen LogP contribution >= 0.6 is 0 Å². The van der Waals surface area contributed by atoms with E-state index in [0.29, 0.717) is 0 Å². The zero-order valence-electron chi connectivity index (χ0n) is 2.70. The number of carbonyl (C=O) groups excluding carboxylic acids is 1. The van der Waals surface area contributed by atoms with Gasteiger partial charge in [0.2, 0.25) is 0 Å². The number of hydrogen-bond donors (Lipinski definition) is 1. The first-order valence-corrected chi connectivity index (χ1v) is 0.644. The first kappa shape index (κ1) is 16.5. The van der Waals surface area contributed by atoms with Gasteiger partial charge in [-0.05, 0) is 6.47 Å². The van der Waals surface area contributed by atoms with Gasteiger partial charge in [-0.1, -0.05) is 0 Å². The third kappa shape index (κ3) is 31.7. The summed E-state index contributed by atoms with van der Waals surface area (Å²) >= 11 is 0. The molecule has 0 atom stereocenters. The fourth-order valence-corrected chi connectivity index (χ4v) is 0. The molecule has 4 nitrogen and oxygen atoms in total. The van der Waals surface area contributed by atoms with Crippen LogP contribution in [0.1, 0.15) is 0 Å². The fraction of sp³-hybridized carbons (Fsp3) is 0. The first-order chi connectivity index (χ1) is 1.91. The summed E-state index contributed by atoms with van der Waals surface area (Å²) in [6.45, 7) is 0.958. The van der Waals surface area contributed by atoms with Crippen molar-refractivity contribution in [1.29, 1.82) is 0 Å². The van der Waals surface area contributed by atoms with Crippen LogP contribution in [0.25, 0.3) is 0 Å². The third-order valence-corrected chi connectivity index (χ3v) is 0.0481. The van der Waals surface area contributed by atoms with Gasteiger partial charge in [-0.25, -0.2) is 5.90 Å². The van der Waals surface area contributed by atoms with Crippen LogP contribution in [-0.2, 0) is 32.0 Å². The summed E-state index contributed by atoms with van der Waals surface area (Å²) < 4.78 is 0. The van der Waals surface area contributed by atoms with Crippen molar-refractivity contribution in [3.63, 3.8) is 0 Å². The van der Waals surface area contributed by atoms with Gasteiger partial charge in [-0.15, -0.1) is 0 Å². The molecule has 0 fully saturated rings. The fourth-order valence-electron chi connectivity index (χ4n) is 0. The van der Waals surface area contributed by atoms with Crippen molar-refractivity contribution in [2.45, 2.75) is 0 Å². The quantitative estimate of drug-likeness (QED) is 0.295. The van der Waals surface area contributed by atoms with Crippen molar-refractivity contribution in [1.82, 2.24) is 0 Å². The Hall–Kier alpha value is 0.130. The smallest absolute Gasteiger partial charge is 0.574 e. The summed E-state index contributed by atoms with van der Waals surface area (Å²) in [6.07, 6.45) is 0.